The molecule has 0 saturated carbocycles. The van der Waals surface area contributed by atoms with Crippen LogP contribution < -0.4 is 15.2 Å². The van der Waals surface area contributed by atoms with Gasteiger partial charge in [0.2, 0.25) is 0 Å². The molecular weight excluding hydrogens is 438 g/mol. The molecule has 10 heteroatoms. The lowest BCUT2D eigenvalue weighted by atomic mass is 10.0. The van der Waals surface area contributed by atoms with Gasteiger partial charge in [-0.1, -0.05) is 15.9 Å². The number of ether oxygens (including phenoxy) is 2. The molecule has 0 aliphatic rings. The fourth-order valence-corrected chi connectivity index (χ4v) is 3.48. The number of carbonyl (C=O) groups is 1. The molecule has 3 aromatic rings. The first-order valence-corrected chi connectivity index (χ1v) is 8.59. The molecule has 0 atom stereocenters. The average molecular weight is 451 g/mol. The van der Waals surface area contributed by atoms with Crippen LogP contribution in [0.3, 0.4) is 0 Å². The minimum atomic E-state index is -3.17. The first-order chi connectivity index (χ1) is 13.3. The number of methoxy groups -OCH3 is 1. The van der Waals surface area contributed by atoms with Crippen LogP contribution in [-0.4, -0.2) is 29.4 Å². The first-order valence-electron chi connectivity index (χ1n) is 7.80. The second kappa shape index (κ2) is 7.44. The zero-order chi connectivity index (χ0) is 20.6. The monoisotopic (exact) mass is 450 g/mol. The fourth-order valence-electron chi connectivity index (χ4n) is 3.03. The number of hydrogen-bond donors (Lipinski definition) is 1. The van der Waals surface area contributed by atoms with Crippen LogP contribution in [0.15, 0.2) is 28.7 Å². The number of primary amides is 1. The number of fused-ring (bicyclic) bond motifs is 1. The molecule has 2 aromatic carbocycles. The van der Waals surface area contributed by atoms with E-state index < -0.39 is 18.3 Å². The van der Waals surface area contributed by atoms with Gasteiger partial charge in [-0.25, -0.2) is 0 Å². The van der Waals surface area contributed by atoms with Crippen LogP contribution in [0.1, 0.15) is 15.9 Å². The standard InChI is InChI=1S/C18H13BrF2N4O3/c1-25-16(14-9(7-22)3-10(19)6-11(14)24-25)8-4-12(27-2)15(17(23)26)13(5-8)28-18(20)21/h3-6,18H,1-2H3,(H2,23,26). The highest BCUT2D eigenvalue weighted by Crippen LogP contribution is 2.39. The number of nitrogens with zero attached hydrogens (tertiary/aromatic N) is 3. The predicted molar refractivity (Wildman–Crippen MR) is 100 cm³/mol. The number of aromatic nitrogens is 2. The van der Waals surface area contributed by atoms with E-state index in [2.05, 4.69) is 31.8 Å². The van der Waals surface area contributed by atoms with Gasteiger partial charge in [-0.15, -0.1) is 0 Å². The predicted octanol–water partition coefficient (Wildman–Crippen LogP) is 3.58. The topological polar surface area (TPSA) is 103 Å². The molecule has 0 saturated heterocycles. The third-order valence-corrected chi connectivity index (χ3v) is 4.50. The third-order valence-electron chi connectivity index (χ3n) is 4.04. The molecule has 0 spiro atoms. The number of rotatable bonds is 5. The van der Waals surface area contributed by atoms with Crippen LogP contribution >= 0.6 is 15.9 Å². The van der Waals surface area contributed by atoms with Crippen molar-refractivity contribution in [1.29, 1.82) is 5.26 Å². The molecule has 1 amide bonds. The highest BCUT2D eigenvalue weighted by molar-refractivity contribution is 9.10. The molecule has 1 heterocycles. The molecule has 2 N–H and O–H groups in total. The van der Waals surface area contributed by atoms with Crippen molar-refractivity contribution in [2.24, 2.45) is 12.8 Å². The minimum absolute atomic E-state index is 0.0365. The van der Waals surface area contributed by atoms with Crippen molar-refractivity contribution in [2.75, 3.05) is 7.11 Å². The molecule has 0 aliphatic carbocycles. The van der Waals surface area contributed by atoms with Crippen LogP contribution in [-0.2, 0) is 7.05 Å². The molecule has 0 bridgehead atoms. The Morgan fingerprint density at radius 2 is 2.00 bits per heavy atom. The second-order valence-corrected chi connectivity index (χ2v) is 6.64. The van der Waals surface area contributed by atoms with Gasteiger partial charge in [-0.3, -0.25) is 9.48 Å². The van der Waals surface area contributed by atoms with Crippen LogP contribution in [0.2, 0.25) is 0 Å². The Morgan fingerprint density at radius 3 is 2.57 bits per heavy atom. The van der Waals surface area contributed by atoms with E-state index in [1.165, 1.54) is 23.9 Å². The molecule has 144 valence electrons. The van der Waals surface area contributed by atoms with Gasteiger partial charge in [0, 0.05) is 22.5 Å². The maximum Gasteiger partial charge on any atom is 0.387 e. The van der Waals surface area contributed by atoms with Crippen molar-refractivity contribution < 1.29 is 23.0 Å². The molecule has 3 rings (SSSR count). The minimum Gasteiger partial charge on any atom is -0.496 e. The SMILES string of the molecule is COc1cc(-c2c3c(C#N)cc(Br)cc3nn2C)cc(OC(F)F)c1C(N)=O. The van der Waals surface area contributed by atoms with Crippen LogP contribution in [0, 0.1) is 11.3 Å². The van der Waals surface area contributed by atoms with Gasteiger partial charge in [0.25, 0.3) is 5.91 Å². The maximum atomic E-state index is 12.9. The van der Waals surface area contributed by atoms with Gasteiger partial charge in [0.1, 0.15) is 17.1 Å². The largest absolute Gasteiger partial charge is 0.496 e. The highest BCUT2D eigenvalue weighted by Gasteiger charge is 2.24. The first kappa shape index (κ1) is 19.6. The Kier molecular flexibility index (Phi) is 5.20. The Labute approximate surface area is 166 Å². The zero-order valence-electron chi connectivity index (χ0n) is 14.7. The number of nitrogens with two attached hydrogens (primary N) is 1. The molecule has 7 nitrogen and oxygen atoms in total. The van der Waals surface area contributed by atoms with Gasteiger partial charge in [-0.2, -0.15) is 19.1 Å². The van der Waals surface area contributed by atoms with E-state index in [0.717, 1.165) is 0 Å². The quantitative estimate of drug-likeness (QED) is 0.639. The molecule has 28 heavy (non-hydrogen) atoms. The summed E-state index contributed by atoms with van der Waals surface area (Å²) in [5.41, 5.74) is 6.69. The summed E-state index contributed by atoms with van der Waals surface area (Å²) in [6, 6.07) is 8.15. The second-order valence-electron chi connectivity index (χ2n) is 5.73. The average Bonchev–Trinajstić information content (AvgIpc) is 2.94. The Morgan fingerprint density at radius 1 is 1.32 bits per heavy atom. The van der Waals surface area contributed by atoms with E-state index in [9.17, 15) is 18.8 Å². The molecule has 0 radical (unpaired) electrons. The summed E-state index contributed by atoms with van der Waals surface area (Å²) in [5.74, 6) is -1.44. The van der Waals surface area contributed by atoms with Gasteiger partial charge in [0.05, 0.1) is 30.0 Å². The number of hydrogen-bond acceptors (Lipinski definition) is 5. The van der Waals surface area contributed by atoms with Crippen LogP contribution in [0.5, 0.6) is 11.5 Å². The maximum absolute atomic E-state index is 12.9. The zero-order valence-corrected chi connectivity index (χ0v) is 16.3. The summed E-state index contributed by atoms with van der Waals surface area (Å²) in [6.07, 6.45) is 0. The molecular formula is C18H13BrF2N4O3. The number of carbonyl (C=O) groups excluding carboxylic acids is 1. The molecule has 0 fully saturated rings. The lowest BCUT2D eigenvalue weighted by Crippen LogP contribution is -2.16. The number of alkyl halides is 2. The number of amides is 1. The van der Waals surface area contributed by atoms with Crippen molar-refractivity contribution in [1.82, 2.24) is 9.78 Å². The van der Waals surface area contributed by atoms with Gasteiger partial charge in [0.15, 0.2) is 0 Å². The lowest BCUT2D eigenvalue weighted by molar-refractivity contribution is -0.0502. The summed E-state index contributed by atoms with van der Waals surface area (Å²) in [7, 11) is 2.92. The van der Waals surface area contributed by atoms with Crippen LogP contribution in [0.4, 0.5) is 8.78 Å². The number of aryl methyl sites for hydroxylation is 1. The van der Waals surface area contributed by atoms with Gasteiger partial charge >= 0.3 is 6.61 Å². The van der Waals surface area contributed by atoms with E-state index in [1.54, 1.807) is 19.2 Å². The van der Waals surface area contributed by atoms with Crippen molar-refractivity contribution in [2.45, 2.75) is 6.61 Å². The normalized spacial score (nSPS) is 10.9. The Hall–Kier alpha value is -3.19. The van der Waals surface area contributed by atoms with Crippen LogP contribution in [0.25, 0.3) is 22.2 Å². The van der Waals surface area contributed by atoms with Gasteiger partial charge in [-0.05, 0) is 24.3 Å². The molecule has 0 aliphatic heterocycles. The van der Waals surface area contributed by atoms with Crippen molar-refractivity contribution in [3.8, 4) is 28.8 Å². The Bertz CT molecular complexity index is 1140. The van der Waals surface area contributed by atoms with E-state index in [1.807, 2.05) is 0 Å². The number of nitriles is 1. The summed E-state index contributed by atoms with van der Waals surface area (Å²) in [4.78, 5) is 11.7. The summed E-state index contributed by atoms with van der Waals surface area (Å²) in [6.45, 7) is -3.17. The summed E-state index contributed by atoms with van der Waals surface area (Å²) < 4.78 is 37.6. The van der Waals surface area contributed by atoms with Crippen molar-refractivity contribution >= 4 is 32.7 Å². The smallest absolute Gasteiger partial charge is 0.387 e. The molecule has 0 unspecified atom stereocenters. The number of benzene rings is 2. The Balaban J connectivity index is 2.38. The fraction of sp³-hybridized carbons (Fsp3) is 0.167. The van der Waals surface area contributed by atoms with E-state index in [-0.39, 0.29) is 11.3 Å². The number of halogens is 3. The molecule has 1 aromatic heterocycles. The highest BCUT2D eigenvalue weighted by atomic mass is 79.9. The summed E-state index contributed by atoms with van der Waals surface area (Å²) >= 11 is 3.33. The van der Waals surface area contributed by atoms with E-state index in [4.69, 9.17) is 10.5 Å². The van der Waals surface area contributed by atoms with Crippen molar-refractivity contribution in [3.05, 3.63) is 39.9 Å². The van der Waals surface area contributed by atoms with Crippen molar-refractivity contribution in [3.63, 3.8) is 0 Å². The summed E-state index contributed by atoms with van der Waals surface area (Å²) in [5, 5.41) is 14.4. The lowest BCUT2D eigenvalue weighted by Gasteiger charge is -2.15. The van der Waals surface area contributed by atoms with Gasteiger partial charge < -0.3 is 15.2 Å². The third kappa shape index (κ3) is 3.36. The van der Waals surface area contributed by atoms with E-state index >= 15 is 0 Å². The van der Waals surface area contributed by atoms with E-state index in [0.29, 0.717) is 32.2 Å².